The van der Waals surface area contributed by atoms with Crippen LogP contribution < -0.4 is 0 Å². The minimum atomic E-state index is 0.0759. The molecule has 0 saturated heterocycles. The third-order valence-electron chi connectivity index (χ3n) is 2.47. The summed E-state index contributed by atoms with van der Waals surface area (Å²) in [5.74, 6) is 0.581. The Kier molecular flexibility index (Phi) is 3.94. The number of rotatable bonds is 5. The highest BCUT2D eigenvalue weighted by atomic mass is 35.5. The minimum absolute atomic E-state index is 0.0759. The van der Waals surface area contributed by atoms with Gasteiger partial charge in [0.1, 0.15) is 5.69 Å². The molecule has 3 nitrogen and oxygen atoms in total. The van der Waals surface area contributed by atoms with Crippen LogP contribution in [0.15, 0.2) is 42.6 Å². The Morgan fingerprint density at radius 2 is 2.00 bits per heavy atom. The van der Waals surface area contributed by atoms with Crippen LogP contribution in [0.25, 0.3) is 5.69 Å². The van der Waals surface area contributed by atoms with E-state index in [9.17, 15) is 4.79 Å². The van der Waals surface area contributed by atoms with Gasteiger partial charge < -0.3 is 0 Å². The number of alkyl halides is 1. The van der Waals surface area contributed by atoms with Gasteiger partial charge in [-0.15, -0.1) is 11.6 Å². The highest BCUT2D eigenvalue weighted by Gasteiger charge is 2.12. The van der Waals surface area contributed by atoms with Gasteiger partial charge in [-0.25, -0.2) is 4.68 Å². The number of nitrogens with zero attached hydrogens (tertiary/aromatic N) is 2. The maximum atomic E-state index is 11.9. The van der Waals surface area contributed by atoms with Crippen molar-refractivity contribution in [1.29, 1.82) is 0 Å². The molecular weight excluding hydrogens is 236 g/mol. The normalized spacial score (nSPS) is 10.4. The third-order valence-corrected chi connectivity index (χ3v) is 2.73. The molecule has 4 heteroatoms. The lowest BCUT2D eigenvalue weighted by atomic mass is 10.2. The second kappa shape index (κ2) is 5.64. The first-order chi connectivity index (χ1) is 8.33. The molecule has 1 aromatic carbocycles. The standard InChI is InChI=1S/C13H13ClN2O/c14-9-4-7-13(17)12-8-10-15-16(12)11-5-2-1-3-6-11/h1-3,5-6,8,10H,4,7,9H2. The summed E-state index contributed by atoms with van der Waals surface area (Å²) in [6, 6.07) is 11.4. The molecule has 0 amide bonds. The number of para-hydroxylation sites is 1. The van der Waals surface area contributed by atoms with E-state index in [1.54, 1.807) is 16.9 Å². The summed E-state index contributed by atoms with van der Waals surface area (Å²) >= 11 is 5.59. The summed E-state index contributed by atoms with van der Waals surface area (Å²) in [6.45, 7) is 0. The van der Waals surface area contributed by atoms with Gasteiger partial charge in [0.25, 0.3) is 0 Å². The van der Waals surface area contributed by atoms with Crippen LogP contribution in [0.4, 0.5) is 0 Å². The zero-order valence-corrected chi connectivity index (χ0v) is 10.1. The highest BCUT2D eigenvalue weighted by Crippen LogP contribution is 2.12. The molecule has 17 heavy (non-hydrogen) atoms. The Labute approximate surface area is 105 Å². The van der Waals surface area contributed by atoms with E-state index in [1.807, 2.05) is 30.3 Å². The van der Waals surface area contributed by atoms with Crippen LogP contribution in [0.2, 0.25) is 0 Å². The Balaban J connectivity index is 2.26. The lowest BCUT2D eigenvalue weighted by molar-refractivity contribution is 0.0974. The van der Waals surface area contributed by atoms with Gasteiger partial charge in [-0.1, -0.05) is 18.2 Å². The molecule has 2 aromatic rings. The molecule has 0 aliphatic heterocycles. The van der Waals surface area contributed by atoms with Crippen molar-refractivity contribution in [3.8, 4) is 5.69 Å². The first kappa shape index (κ1) is 11.9. The summed E-state index contributed by atoms with van der Waals surface area (Å²) in [6.07, 6.45) is 2.79. The van der Waals surface area contributed by atoms with Crippen molar-refractivity contribution in [3.63, 3.8) is 0 Å². The van der Waals surface area contributed by atoms with E-state index in [0.29, 0.717) is 24.4 Å². The van der Waals surface area contributed by atoms with E-state index in [-0.39, 0.29) is 5.78 Å². The van der Waals surface area contributed by atoms with Crippen LogP contribution in [0.5, 0.6) is 0 Å². The molecule has 1 aromatic heterocycles. The lowest BCUT2D eigenvalue weighted by Gasteiger charge is -2.05. The number of carbonyl (C=O) groups is 1. The van der Waals surface area contributed by atoms with Crippen molar-refractivity contribution in [3.05, 3.63) is 48.3 Å². The lowest BCUT2D eigenvalue weighted by Crippen LogP contribution is -2.08. The van der Waals surface area contributed by atoms with Crippen LogP contribution in [0.3, 0.4) is 0 Å². The Bertz CT molecular complexity index is 493. The quantitative estimate of drug-likeness (QED) is 0.602. The summed E-state index contributed by atoms with van der Waals surface area (Å²) in [5, 5.41) is 4.18. The van der Waals surface area contributed by atoms with Gasteiger partial charge in [0.2, 0.25) is 0 Å². The second-order valence-electron chi connectivity index (χ2n) is 3.68. The van der Waals surface area contributed by atoms with Gasteiger partial charge >= 0.3 is 0 Å². The molecule has 2 rings (SSSR count). The number of carbonyl (C=O) groups excluding carboxylic acids is 1. The van der Waals surface area contributed by atoms with E-state index in [2.05, 4.69) is 5.10 Å². The maximum Gasteiger partial charge on any atom is 0.181 e. The van der Waals surface area contributed by atoms with Crippen molar-refractivity contribution in [1.82, 2.24) is 9.78 Å². The molecule has 0 saturated carbocycles. The van der Waals surface area contributed by atoms with Crippen LogP contribution in [0.1, 0.15) is 23.3 Å². The fourth-order valence-electron chi connectivity index (χ4n) is 1.64. The topological polar surface area (TPSA) is 34.9 Å². The molecule has 88 valence electrons. The molecule has 0 radical (unpaired) electrons. The number of hydrogen-bond donors (Lipinski definition) is 0. The van der Waals surface area contributed by atoms with Gasteiger partial charge in [0, 0.05) is 12.3 Å². The van der Waals surface area contributed by atoms with Gasteiger partial charge in [0.05, 0.1) is 11.9 Å². The number of Topliss-reactive ketones (excluding diaryl/α,β-unsaturated/α-hetero) is 1. The minimum Gasteiger partial charge on any atom is -0.292 e. The predicted molar refractivity (Wildman–Crippen MR) is 67.8 cm³/mol. The summed E-state index contributed by atoms with van der Waals surface area (Å²) < 4.78 is 1.66. The zero-order valence-electron chi connectivity index (χ0n) is 9.34. The van der Waals surface area contributed by atoms with Crippen LogP contribution >= 0.6 is 11.6 Å². The number of halogens is 1. The number of ketones is 1. The Morgan fingerprint density at radius 1 is 1.24 bits per heavy atom. The molecular formula is C13H13ClN2O. The number of aromatic nitrogens is 2. The molecule has 1 heterocycles. The van der Waals surface area contributed by atoms with Crippen LogP contribution in [0, 0.1) is 0 Å². The largest absolute Gasteiger partial charge is 0.292 e. The van der Waals surface area contributed by atoms with Crippen molar-refractivity contribution < 1.29 is 4.79 Å². The SMILES string of the molecule is O=C(CCCCl)c1ccnn1-c1ccccc1. The van der Waals surface area contributed by atoms with E-state index in [4.69, 9.17) is 11.6 Å². The molecule has 0 aliphatic rings. The van der Waals surface area contributed by atoms with Gasteiger partial charge in [-0.3, -0.25) is 4.79 Å². The molecule has 0 atom stereocenters. The van der Waals surface area contributed by atoms with E-state index < -0.39 is 0 Å². The summed E-state index contributed by atoms with van der Waals surface area (Å²) in [4.78, 5) is 11.9. The Hall–Kier alpha value is -1.61. The average molecular weight is 249 g/mol. The summed E-state index contributed by atoms with van der Waals surface area (Å²) in [7, 11) is 0. The average Bonchev–Trinajstić information content (AvgIpc) is 2.86. The molecule has 0 unspecified atom stereocenters. The molecule has 0 spiro atoms. The fourth-order valence-corrected chi connectivity index (χ4v) is 1.78. The van der Waals surface area contributed by atoms with Crippen LogP contribution in [-0.4, -0.2) is 21.4 Å². The van der Waals surface area contributed by atoms with E-state index >= 15 is 0 Å². The van der Waals surface area contributed by atoms with Crippen molar-refractivity contribution in [2.75, 3.05) is 5.88 Å². The van der Waals surface area contributed by atoms with E-state index in [0.717, 1.165) is 5.69 Å². The predicted octanol–water partition coefficient (Wildman–Crippen LogP) is 3.07. The fraction of sp³-hybridized carbons (Fsp3) is 0.231. The zero-order chi connectivity index (χ0) is 12.1. The van der Waals surface area contributed by atoms with Crippen molar-refractivity contribution >= 4 is 17.4 Å². The molecule has 0 N–H and O–H groups in total. The van der Waals surface area contributed by atoms with Gasteiger partial charge in [-0.2, -0.15) is 5.10 Å². The van der Waals surface area contributed by atoms with Crippen LogP contribution in [-0.2, 0) is 0 Å². The third kappa shape index (κ3) is 2.74. The second-order valence-corrected chi connectivity index (χ2v) is 4.06. The monoisotopic (exact) mass is 248 g/mol. The molecule has 0 bridgehead atoms. The molecule has 0 aliphatic carbocycles. The van der Waals surface area contributed by atoms with Gasteiger partial charge in [-0.05, 0) is 24.6 Å². The van der Waals surface area contributed by atoms with Gasteiger partial charge in [0.15, 0.2) is 5.78 Å². The summed E-state index contributed by atoms with van der Waals surface area (Å²) in [5.41, 5.74) is 1.51. The molecule has 0 fully saturated rings. The van der Waals surface area contributed by atoms with E-state index in [1.165, 1.54) is 0 Å². The van der Waals surface area contributed by atoms with Crippen molar-refractivity contribution in [2.45, 2.75) is 12.8 Å². The maximum absolute atomic E-state index is 11.9. The number of hydrogen-bond acceptors (Lipinski definition) is 2. The van der Waals surface area contributed by atoms with Crippen molar-refractivity contribution in [2.24, 2.45) is 0 Å². The smallest absolute Gasteiger partial charge is 0.181 e. The first-order valence-corrected chi connectivity index (χ1v) is 6.05. The number of benzene rings is 1. The Morgan fingerprint density at radius 3 is 2.71 bits per heavy atom. The first-order valence-electron chi connectivity index (χ1n) is 5.51. The highest BCUT2D eigenvalue weighted by molar-refractivity contribution is 6.18.